The summed E-state index contributed by atoms with van der Waals surface area (Å²) >= 11 is 0. The molecule has 2 fully saturated rings. The molecule has 1 N–H and O–H groups in total. The molecule has 2 aliphatic heterocycles. The van der Waals surface area contributed by atoms with Gasteiger partial charge in [-0.3, -0.25) is 14.5 Å². The highest BCUT2D eigenvalue weighted by Gasteiger charge is 2.36. The fourth-order valence-corrected chi connectivity index (χ4v) is 4.53. The summed E-state index contributed by atoms with van der Waals surface area (Å²) in [6.45, 7) is 5.43. The molecule has 2 aromatic rings. The lowest BCUT2D eigenvalue weighted by Gasteiger charge is -2.33. The molecule has 0 bridgehead atoms. The number of hydrogen-bond acceptors (Lipinski definition) is 4. The van der Waals surface area contributed by atoms with Crippen molar-refractivity contribution in [3.8, 4) is 5.75 Å². The van der Waals surface area contributed by atoms with Gasteiger partial charge in [-0.05, 0) is 37.5 Å². The molecule has 6 heteroatoms. The number of amides is 2. The van der Waals surface area contributed by atoms with E-state index in [9.17, 15) is 9.59 Å². The van der Waals surface area contributed by atoms with E-state index < -0.39 is 0 Å². The maximum absolute atomic E-state index is 12.8. The van der Waals surface area contributed by atoms with Gasteiger partial charge in [-0.2, -0.15) is 0 Å². The zero-order valence-corrected chi connectivity index (χ0v) is 18.3. The van der Waals surface area contributed by atoms with E-state index in [2.05, 4.69) is 41.4 Å². The number of methoxy groups -OCH3 is 1. The lowest BCUT2D eigenvalue weighted by Crippen LogP contribution is -2.46. The number of likely N-dealkylation sites (tertiary alicyclic amines) is 1. The predicted molar refractivity (Wildman–Crippen MR) is 121 cm³/mol. The Morgan fingerprint density at radius 1 is 1.13 bits per heavy atom. The average Bonchev–Trinajstić information content (AvgIpc) is 3.17. The number of benzene rings is 2. The molecule has 2 aromatic carbocycles. The van der Waals surface area contributed by atoms with E-state index in [1.807, 2.05) is 24.3 Å². The molecule has 2 heterocycles. The van der Waals surface area contributed by atoms with Crippen molar-refractivity contribution < 1.29 is 14.3 Å². The van der Waals surface area contributed by atoms with E-state index in [0.717, 1.165) is 38.2 Å². The van der Waals surface area contributed by atoms with Crippen LogP contribution in [0, 0.1) is 12.8 Å². The number of hydrogen-bond donors (Lipinski definition) is 1. The van der Waals surface area contributed by atoms with Gasteiger partial charge in [-0.25, -0.2) is 0 Å². The highest BCUT2D eigenvalue weighted by Crippen LogP contribution is 2.28. The molecule has 4 rings (SSSR count). The second-order valence-electron chi connectivity index (χ2n) is 8.65. The number of rotatable bonds is 6. The first kappa shape index (κ1) is 21.4. The average molecular weight is 422 g/mol. The monoisotopic (exact) mass is 421 g/mol. The Morgan fingerprint density at radius 3 is 2.65 bits per heavy atom. The Morgan fingerprint density at radius 2 is 1.90 bits per heavy atom. The lowest BCUT2D eigenvalue weighted by atomic mass is 10.0. The van der Waals surface area contributed by atoms with Crippen molar-refractivity contribution in [2.75, 3.05) is 31.6 Å². The van der Waals surface area contributed by atoms with E-state index >= 15 is 0 Å². The quantitative estimate of drug-likeness (QED) is 0.779. The molecule has 0 radical (unpaired) electrons. The molecule has 164 valence electrons. The second-order valence-corrected chi connectivity index (χ2v) is 8.65. The number of ether oxygens (including phenoxy) is 1. The molecule has 2 amide bonds. The van der Waals surface area contributed by atoms with Crippen LogP contribution in [0.15, 0.2) is 48.5 Å². The third-order valence-electron chi connectivity index (χ3n) is 6.28. The Kier molecular flexibility index (Phi) is 6.56. The molecule has 1 atom stereocenters. The fraction of sp³-hybridized carbons (Fsp3) is 0.440. The van der Waals surface area contributed by atoms with Crippen LogP contribution in [0.2, 0.25) is 0 Å². The van der Waals surface area contributed by atoms with Crippen molar-refractivity contribution in [1.82, 2.24) is 10.2 Å². The van der Waals surface area contributed by atoms with Crippen molar-refractivity contribution in [3.63, 3.8) is 0 Å². The molecule has 31 heavy (non-hydrogen) atoms. The highest BCUT2D eigenvalue weighted by molar-refractivity contribution is 6.00. The molecular formula is C25H31N3O3. The lowest BCUT2D eigenvalue weighted by molar-refractivity contribution is -0.127. The first-order valence-corrected chi connectivity index (χ1v) is 11.0. The largest absolute Gasteiger partial charge is 0.497 e. The maximum Gasteiger partial charge on any atom is 0.227 e. The van der Waals surface area contributed by atoms with Crippen LogP contribution in [0.3, 0.4) is 0 Å². The van der Waals surface area contributed by atoms with Crippen LogP contribution >= 0.6 is 0 Å². The zero-order chi connectivity index (χ0) is 21.8. The fourth-order valence-electron chi connectivity index (χ4n) is 4.53. The summed E-state index contributed by atoms with van der Waals surface area (Å²) in [7, 11) is 1.60. The molecule has 0 aliphatic carbocycles. The molecule has 0 spiro atoms. The van der Waals surface area contributed by atoms with E-state index in [4.69, 9.17) is 4.74 Å². The van der Waals surface area contributed by atoms with Gasteiger partial charge in [0, 0.05) is 50.4 Å². The first-order valence-electron chi connectivity index (χ1n) is 11.0. The van der Waals surface area contributed by atoms with Crippen LogP contribution in [0.1, 0.15) is 30.4 Å². The van der Waals surface area contributed by atoms with E-state index in [-0.39, 0.29) is 30.2 Å². The summed E-state index contributed by atoms with van der Waals surface area (Å²) in [5.41, 5.74) is 3.41. The molecule has 2 aliphatic rings. The number of piperidine rings is 1. The van der Waals surface area contributed by atoms with E-state index in [0.29, 0.717) is 12.3 Å². The maximum atomic E-state index is 12.8. The minimum atomic E-state index is -0.302. The standard InChI is InChI=1S/C25H31N3O3/c1-18-5-3-6-19(13-18)16-27-11-9-21(10-12-27)26-25(30)20-14-24(29)28(17-20)22-7-4-8-23(15-22)31-2/h3-8,13,15,20-21H,9-12,14,16-17H2,1-2H3,(H,26,30). The summed E-state index contributed by atoms with van der Waals surface area (Å²) < 4.78 is 5.26. The van der Waals surface area contributed by atoms with Gasteiger partial charge in [0.1, 0.15) is 5.75 Å². The Balaban J connectivity index is 1.27. The topological polar surface area (TPSA) is 61.9 Å². The van der Waals surface area contributed by atoms with Crippen LogP contribution in [0.25, 0.3) is 0 Å². The first-order chi connectivity index (χ1) is 15.0. The minimum Gasteiger partial charge on any atom is -0.497 e. The smallest absolute Gasteiger partial charge is 0.227 e. The van der Waals surface area contributed by atoms with Crippen LogP contribution in [0.5, 0.6) is 5.75 Å². The number of carbonyl (C=O) groups excluding carboxylic acids is 2. The van der Waals surface area contributed by atoms with Gasteiger partial charge in [0.15, 0.2) is 0 Å². The number of nitrogens with zero attached hydrogens (tertiary/aromatic N) is 2. The molecule has 0 aromatic heterocycles. The highest BCUT2D eigenvalue weighted by atomic mass is 16.5. The predicted octanol–water partition coefficient (Wildman–Crippen LogP) is 3.14. The third kappa shape index (κ3) is 5.25. The summed E-state index contributed by atoms with van der Waals surface area (Å²) in [6.07, 6.45) is 2.14. The van der Waals surface area contributed by atoms with Crippen molar-refractivity contribution in [3.05, 3.63) is 59.7 Å². The van der Waals surface area contributed by atoms with Gasteiger partial charge < -0.3 is 15.0 Å². The SMILES string of the molecule is COc1cccc(N2CC(C(=O)NC3CCN(Cc4cccc(C)c4)CC3)CC2=O)c1. The summed E-state index contributed by atoms with van der Waals surface area (Å²) in [4.78, 5) is 29.5. The van der Waals surface area contributed by atoms with Crippen molar-refractivity contribution in [2.45, 2.75) is 38.8 Å². The van der Waals surface area contributed by atoms with Gasteiger partial charge in [-0.15, -0.1) is 0 Å². The molecule has 1 unspecified atom stereocenters. The third-order valence-corrected chi connectivity index (χ3v) is 6.28. The number of anilines is 1. The zero-order valence-electron chi connectivity index (χ0n) is 18.3. The molecule has 6 nitrogen and oxygen atoms in total. The Hall–Kier alpha value is -2.86. The number of carbonyl (C=O) groups is 2. The Labute approximate surface area is 184 Å². The molecule has 0 saturated carbocycles. The number of nitrogens with one attached hydrogen (secondary N) is 1. The van der Waals surface area contributed by atoms with Crippen LogP contribution in [-0.4, -0.2) is 49.5 Å². The van der Waals surface area contributed by atoms with E-state index in [1.165, 1.54) is 11.1 Å². The van der Waals surface area contributed by atoms with Crippen LogP contribution in [-0.2, 0) is 16.1 Å². The van der Waals surface area contributed by atoms with Crippen molar-refractivity contribution in [2.24, 2.45) is 5.92 Å². The minimum absolute atomic E-state index is 0.00381. The van der Waals surface area contributed by atoms with Gasteiger partial charge >= 0.3 is 0 Å². The summed E-state index contributed by atoms with van der Waals surface area (Å²) in [5, 5.41) is 3.20. The van der Waals surface area contributed by atoms with Crippen LogP contribution < -0.4 is 15.0 Å². The van der Waals surface area contributed by atoms with Gasteiger partial charge in [-0.1, -0.05) is 35.9 Å². The second kappa shape index (κ2) is 9.52. The Bertz CT molecular complexity index is 937. The van der Waals surface area contributed by atoms with E-state index in [1.54, 1.807) is 12.0 Å². The normalized spacial score (nSPS) is 20.1. The van der Waals surface area contributed by atoms with Crippen LogP contribution in [0.4, 0.5) is 5.69 Å². The molecular weight excluding hydrogens is 390 g/mol. The van der Waals surface area contributed by atoms with Gasteiger partial charge in [0.05, 0.1) is 13.0 Å². The number of aryl methyl sites for hydroxylation is 1. The van der Waals surface area contributed by atoms with Crippen molar-refractivity contribution >= 4 is 17.5 Å². The van der Waals surface area contributed by atoms with Gasteiger partial charge in [0.2, 0.25) is 11.8 Å². The van der Waals surface area contributed by atoms with Gasteiger partial charge in [0.25, 0.3) is 0 Å². The van der Waals surface area contributed by atoms with Crippen molar-refractivity contribution in [1.29, 1.82) is 0 Å². The molecule has 2 saturated heterocycles. The summed E-state index contributed by atoms with van der Waals surface area (Å²) in [6, 6.07) is 16.2. The summed E-state index contributed by atoms with van der Waals surface area (Å²) in [5.74, 6) is 0.386.